The molecule has 0 aliphatic carbocycles. The van der Waals surface area contributed by atoms with E-state index in [1.807, 2.05) is 0 Å². The van der Waals surface area contributed by atoms with Crippen molar-refractivity contribution < 1.29 is 8.42 Å². The highest BCUT2D eigenvalue weighted by Gasteiger charge is 1.94. The molecule has 0 spiro atoms. The van der Waals surface area contributed by atoms with Crippen LogP contribution in [0.15, 0.2) is 37.0 Å². The Balaban J connectivity index is 3.80. The molecule has 4 heteroatoms. The summed E-state index contributed by atoms with van der Waals surface area (Å²) in [6.07, 6.45) is 8.04. The molecule has 0 aromatic carbocycles. The van der Waals surface area contributed by atoms with Crippen LogP contribution in [-0.2, 0) is 10.0 Å². The Hall–Kier alpha value is -0.870. The number of rotatable bonds is 4. The van der Waals surface area contributed by atoms with Gasteiger partial charge in [-0.1, -0.05) is 37.0 Å². The Morgan fingerprint density at radius 3 is 2.36 bits per heavy atom. The molecule has 0 aliphatic heterocycles. The van der Waals surface area contributed by atoms with E-state index < -0.39 is 10.0 Å². The molecule has 0 amide bonds. The zero-order valence-corrected chi connectivity index (χ0v) is 6.92. The molecule has 0 aromatic heterocycles. The van der Waals surface area contributed by atoms with E-state index >= 15 is 0 Å². The van der Waals surface area contributed by atoms with E-state index in [9.17, 15) is 8.42 Å². The smallest absolute Gasteiger partial charge is 0.212 e. The lowest BCUT2D eigenvalue weighted by molar-refractivity contribution is 0.600. The maximum absolute atomic E-state index is 10.3. The molecule has 0 radical (unpaired) electrons. The van der Waals surface area contributed by atoms with E-state index in [0.717, 1.165) is 0 Å². The molecule has 0 saturated carbocycles. The summed E-state index contributed by atoms with van der Waals surface area (Å²) >= 11 is 0. The van der Waals surface area contributed by atoms with Gasteiger partial charge in [0.05, 0.1) is 5.75 Å². The summed E-state index contributed by atoms with van der Waals surface area (Å²) in [7, 11) is -3.36. The molecular weight excluding hydrogens is 162 g/mol. The minimum absolute atomic E-state index is 0.130. The van der Waals surface area contributed by atoms with Crippen molar-refractivity contribution in [2.45, 2.75) is 0 Å². The van der Waals surface area contributed by atoms with Crippen LogP contribution < -0.4 is 5.14 Å². The second kappa shape index (κ2) is 4.87. The van der Waals surface area contributed by atoms with Gasteiger partial charge in [-0.15, -0.1) is 0 Å². The van der Waals surface area contributed by atoms with Gasteiger partial charge in [-0.05, 0) is 0 Å². The molecule has 2 N–H and O–H groups in total. The molecule has 3 nitrogen and oxygen atoms in total. The number of nitrogens with two attached hydrogens (primary N) is 1. The average molecular weight is 173 g/mol. The van der Waals surface area contributed by atoms with Gasteiger partial charge in [0.25, 0.3) is 0 Å². The van der Waals surface area contributed by atoms with Crippen molar-refractivity contribution in [3.63, 3.8) is 0 Å². The van der Waals surface area contributed by atoms with Gasteiger partial charge in [-0.3, -0.25) is 0 Å². The minimum Gasteiger partial charge on any atom is -0.228 e. The summed E-state index contributed by atoms with van der Waals surface area (Å²) in [5.74, 6) is -0.130. The Labute approximate surface area is 67.0 Å². The third kappa shape index (κ3) is 9.13. The van der Waals surface area contributed by atoms with Gasteiger partial charge >= 0.3 is 0 Å². The van der Waals surface area contributed by atoms with Gasteiger partial charge in [0.15, 0.2) is 0 Å². The maximum atomic E-state index is 10.3. The number of allylic oxidation sites excluding steroid dienone is 4. The summed E-state index contributed by atoms with van der Waals surface area (Å²) in [6, 6.07) is 0. The van der Waals surface area contributed by atoms with Crippen molar-refractivity contribution >= 4 is 10.0 Å². The summed E-state index contributed by atoms with van der Waals surface area (Å²) in [5.41, 5.74) is 0. The lowest BCUT2D eigenvalue weighted by Gasteiger charge is -1.86. The lowest BCUT2D eigenvalue weighted by atomic mass is 10.4. The third-order valence-corrected chi connectivity index (χ3v) is 1.48. The number of hydrogen-bond donors (Lipinski definition) is 1. The van der Waals surface area contributed by atoms with Crippen LogP contribution in [0.25, 0.3) is 0 Å². The first-order chi connectivity index (χ1) is 5.06. The second-order valence-electron chi connectivity index (χ2n) is 1.88. The fourth-order valence-electron chi connectivity index (χ4n) is 0.411. The van der Waals surface area contributed by atoms with E-state index in [1.54, 1.807) is 24.3 Å². The molecule has 0 bridgehead atoms. The van der Waals surface area contributed by atoms with E-state index in [2.05, 4.69) is 6.58 Å². The molecule has 0 aliphatic rings. The molecule has 0 unspecified atom stereocenters. The monoisotopic (exact) mass is 173 g/mol. The Kier molecular flexibility index (Phi) is 4.49. The highest BCUT2D eigenvalue weighted by molar-refractivity contribution is 7.89. The maximum Gasteiger partial charge on any atom is 0.212 e. The highest BCUT2D eigenvalue weighted by Crippen LogP contribution is 1.82. The Bertz CT molecular complexity index is 262. The van der Waals surface area contributed by atoms with Crippen molar-refractivity contribution in [3.05, 3.63) is 37.0 Å². The molecule has 62 valence electrons. The molecule has 0 heterocycles. The van der Waals surface area contributed by atoms with Crippen molar-refractivity contribution in [1.82, 2.24) is 0 Å². The van der Waals surface area contributed by atoms with Crippen molar-refractivity contribution in [1.29, 1.82) is 0 Å². The van der Waals surface area contributed by atoms with Crippen molar-refractivity contribution in [2.75, 3.05) is 5.75 Å². The first kappa shape index (κ1) is 10.1. The van der Waals surface area contributed by atoms with Gasteiger partial charge in [-0.2, -0.15) is 0 Å². The summed E-state index contributed by atoms with van der Waals surface area (Å²) in [5, 5.41) is 4.73. The first-order valence-electron chi connectivity index (χ1n) is 3.01. The van der Waals surface area contributed by atoms with E-state index in [4.69, 9.17) is 5.14 Å². The summed E-state index contributed by atoms with van der Waals surface area (Å²) in [4.78, 5) is 0. The van der Waals surface area contributed by atoms with Crippen LogP contribution in [0.5, 0.6) is 0 Å². The van der Waals surface area contributed by atoms with Crippen LogP contribution in [0.4, 0.5) is 0 Å². The van der Waals surface area contributed by atoms with Crippen molar-refractivity contribution in [2.24, 2.45) is 5.14 Å². The SMILES string of the molecule is C=CC=CC=CCS(N)(=O)=O. The average Bonchev–Trinajstić information content (AvgIpc) is 1.85. The van der Waals surface area contributed by atoms with Gasteiger partial charge < -0.3 is 0 Å². The normalized spacial score (nSPS) is 12.8. The molecule has 0 fully saturated rings. The van der Waals surface area contributed by atoms with E-state index in [0.29, 0.717) is 0 Å². The zero-order valence-electron chi connectivity index (χ0n) is 6.10. The molecule has 0 aromatic rings. The fraction of sp³-hybridized carbons (Fsp3) is 0.143. The van der Waals surface area contributed by atoms with E-state index in [-0.39, 0.29) is 5.75 Å². The predicted octanol–water partition coefficient (Wildman–Crippen LogP) is 0.573. The standard InChI is InChI=1S/C7H11NO2S/c1-2-3-4-5-6-7-11(8,9)10/h2-6H,1,7H2,(H2,8,9,10). The Morgan fingerprint density at radius 2 is 1.91 bits per heavy atom. The fourth-order valence-corrected chi connectivity index (χ4v) is 0.790. The van der Waals surface area contributed by atoms with Crippen LogP contribution in [0.2, 0.25) is 0 Å². The van der Waals surface area contributed by atoms with Crippen LogP contribution in [-0.4, -0.2) is 14.2 Å². The molecular formula is C7H11NO2S. The summed E-state index contributed by atoms with van der Waals surface area (Å²) < 4.78 is 20.7. The third-order valence-electron chi connectivity index (χ3n) is 0.823. The molecule has 0 rings (SSSR count). The number of hydrogen-bond acceptors (Lipinski definition) is 2. The van der Waals surface area contributed by atoms with Crippen LogP contribution in [0.1, 0.15) is 0 Å². The quantitative estimate of drug-likeness (QED) is 0.632. The highest BCUT2D eigenvalue weighted by atomic mass is 32.2. The number of primary sulfonamides is 1. The second-order valence-corrected chi connectivity index (χ2v) is 3.54. The topological polar surface area (TPSA) is 60.2 Å². The van der Waals surface area contributed by atoms with Crippen LogP contribution in [0.3, 0.4) is 0 Å². The van der Waals surface area contributed by atoms with Crippen LogP contribution in [0, 0.1) is 0 Å². The van der Waals surface area contributed by atoms with Crippen LogP contribution >= 0.6 is 0 Å². The summed E-state index contributed by atoms with van der Waals surface area (Å²) in [6.45, 7) is 3.44. The molecule has 0 saturated heterocycles. The predicted molar refractivity (Wildman–Crippen MR) is 46.5 cm³/mol. The first-order valence-corrected chi connectivity index (χ1v) is 4.72. The number of sulfonamides is 1. The van der Waals surface area contributed by atoms with E-state index in [1.165, 1.54) is 6.08 Å². The van der Waals surface area contributed by atoms with Gasteiger partial charge in [-0.25, -0.2) is 13.6 Å². The molecule has 11 heavy (non-hydrogen) atoms. The van der Waals surface area contributed by atoms with Gasteiger partial charge in [0, 0.05) is 0 Å². The zero-order chi connectivity index (χ0) is 8.74. The lowest BCUT2D eigenvalue weighted by Crippen LogP contribution is -2.14. The molecule has 0 atom stereocenters. The van der Waals surface area contributed by atoms with Gasteiger partial charge in [0.2, 0.25) is 10.0 Å². The minimum atomic E-state index is -3.36. The largest absolute Gasteiger partial charge is 0.228 e. The van der Waals surface area contributed by atoms with Gasteiger partial charge in [0.1, 0.15) is 0 Å². The van der Waals surface area contributed by atoms with Crippen molar-refractivity contribution in [3.8, 4) is 0 Å². The Morgan fingerprint density at radius 1 is 1.27 bits per heavy atom.